The summed E-state index contributed by atoms with van der Waals surface area (Å²) in [5.41, 5.74) is -2.94. The summed E-state index contributed by atoms with van der Waals surface area (Å²) in [6.07, 6.45) is -12.5. The minimum absolute atomic E-state index is 0.0227. The van der Waals surface area contributed by atoms with Crippen LogP contribution in [0, 0.1) is 5.82 Å². The van der Waals surface area contributed by atoms with Crippen molar-refractivity contribution >= 4 is 5.91 Å². The highest BCUT2D eigenvalue weighted by atomic mass is 19.4. The monoisotopic (exact) mass is 451 g/mol. The number of amides is 1. The summed E-state index contributed by atoms with van der Waals surface area (Å²) >= 11 is 0. The van der Waals surface area contributed by atoms with Crippen LogP contribution in [0.5, 0.6) is 0 Å². The number of morpholine rings is 1. The zero-order chi connectivity index (χ0) is 23.0. The molecule has 1 N–H and O–H groups in total. The van der Waals surface area contributed by atoms with Gasteiger partial charge in [-0.1, -0.05) is 12.1 Å². The van der Waals surface area contributed by atoms with Crippen LogP contribution in [0.2, 0.25) is 0 Å². The zero-order valence-electron chi connectivity index (χ0n) is 15.9. The molecule has 2 aromatic rings. The van der Waals surface area contributed by atoms with Crippen LogP contribution in [0.3, 0.4) is 0 Å². The Morgan fingerprint density at radius 3 is 2.06 bits per heavy atom. The number of hydrogen-bond donors (Lipinski definition) is 1. The van der Waals surface area contributed by atoms with Crippen LogP contribution < -0.4 is 5.32 Å². The molecule has 0 aliphatic carbocycles. The number of rotatable bonds is 4. The van der Waals surface area contributed by atoms with E-state index in [1.54, 1.807) is 0 Å². The number of carbonyl (C=O) groups is 1. The number of ether oxygens (including phenoxy) is 2. The van der Waals surface area contributed by atoms with E-state index < -0.39 is 60.2 Å². The van der Waals surface area contributed by atoms with E-state index >= 15 is 0 Å². The molecule has 11 heteroatoms. The highest BCUT2D eigenvalue weighted by Gasteiger charge is 2.38. The van der Waals surface area contributed by atoms with E-state index in [1.165, 1.54) is 19.1 Å². The fourth-order valence-electron chi connectivity index (χ4n) is 3.06. The van der Waals surface area contributed by atoms with Gasteiger partial charge in [0.1, 0.15) is 18.5 Å². The SMILES string of the molecule is CC(OC1OCC(=O)NC1c1ccc(F)cc1)c1cc(C(F)(F)F)cc(C(F)(F)F)c1. The average Bonchev–Trinajstić information content (AvgIpc) is 2.68. The van der Waals surface area contributed by atoms with Crippen LogP contribution in [0.15, 0.2) is 42.5 Å². The average molecular weight is 451 g/mol. The number of halogens is 7. The van der Waals surface area contributed by atoms with Gasteiger partial charge in [-0.25, -0.2) is 4.39 Å². The Morgan fingerprint density at radius 2 is 1.55 bits per heavy atom. The third-order valence-electron chi connectivity index (χ3n) is 4.61. The first-order valence-corrected chi connectivity index (χ1v) is 8.96. The Bertz CT molecular complexity index is 909. The molecular weight excluding hydrogens is 435 g/mol. The molecule has 1 saturated heterocycles. The van der Waals surface area contributed by atoms with Gasteiger partial charge in [0.25, 0.3) is 0 Å². The fraction of sp³-hybridized carbons (Fsp3) is 0.350. The number of hydrogen-bond acceptors (Lipinski definition) is 3. The molecule has 2 aromatic carbocycles. The summed E-state index contributed by atoms with van der Waals surface area (Å²) in [6.45, 7) is 0.836. The minimum Gasteiger partial charge on any atom is -0.342 e. The summed E-state index contributed by atoms with van der Waals surface area (Å²) in [4.78, 5) is 11.7. The van der Waals surface area contributed by atoms with Gasteiger partial charge in [-0.05, 0) is 48.4 Å². The number of nitrogens with one attached hydrogen (secondary N) is 1. The molecule has 1 fully saturated rings. The molecule has 1 aliphatic rings. The third-order valence-corrected chi connectivity index (χ3v) is 4.61. The van der Waals surface area contributed by atoms with Gasteiger partial charge >= 0.3 is 12.4 Å². The van der Waals surface area contributed by atoms with E-state index in [9.17, 15) is 35.5 Å². The van der Waals surface area contributed by atoms with E-state index in [0.29, 0.717) is 17.7 Å². The van der Waals surface area contributed by atoms with Crippen LogP contribution in [0.25, 0.3) is 0 Å². The molecule has 0 spiro atoms. The maximum absolute atomic E-state index is 13.2. The zero-order valence-corrected chi connectivity index (χ0v) is 15.9. The van der Waals surface area contributed by atoms with E-state index in [1.807, 2.05) is 0 Å². The molecule has 3 unspecified atom stereocenters. The molecule has 168 valence electrons. The van der Waals surface area contributed by atoms with Crippen molar-refractivity contribution in [1.82, 2.24) is 5.32 Å². The minimum atomic E-state index is -5.00. The second-order valence-corrected chi connectivity index (χ2v) is 6.89. The van der Waals surface area contributed by atoms with Gasteiger partial charge in [0, 0.05) is 0 Å². The van der Waals surface area contributed by atoms with Crippen molar-refractivity contribution < 1.29 is 45.0 Å². The lowest BCUT2D eigenvalue weighted by atomic mass is 10.0. The number of alkyl halides is 6. The van der Waals surface area contributed by atoms with E-state index in [0.717, 1.165) is 12.1 Å². The molecule has 1 heterocycles. The fourth-order valence-corrected chi connectivity index (χ4v) is 3.06. The molecule has 0 aromatic heterocycles. The lowest BCUT2D eigenvalue weighted by molar-refractivity contribution is -0.204. The predicted molar refractivity (Wildman–Crippen MR) is 93.0 cm³/mol. The van der Waals surface area contributed by atoms with Crippen molar-refractivity contribution in [3.05, 3.63) is 70.5 Å². The second-order valence-electron chi connectivity index (χ2n) is 6.89. The molecular formula is C20H16F7NO3. The van der Waals surface area contributed by atoms with Gasteiger partial charge in [0.05, 0.1) is 17.2 Å². The van der Waals surface area contributed by atoms with E-state index in [4.69, 9.17) is 9.47 Å². The summed E-state index contributed by atoms with van der Waals surface area (Å²) in [7, 11) is 0. The first kappa shape index (κ1) is 23.0. The summed E-state index contributed by atoms with van der Waals surface area (Å²) < 4.78 is 103. The molecule has 0 bridgehead atoms. The van der Waals surface area contributed by atoms with Crippen LogP contribution in [0.1, 0.15) is 41.3 Å². The van der Waals surface area contributed by atoms with Gasteiger partial charge in [0.2, 0.25) is 5.91 Å². The molecule has 31 heavy (non-hydrogen) atoms. The molecule has 1 aliphatic heterocycles. The number of carbonyl (C=O) groups excluding carboxylic acids is 1. The topological polar surface area (TPSA) is 47.6 Å². The van der Waals surface area contributed by atoms with Crippen LogP contribution >= 0.6 is 0 Å². The molecule has 0 saturated carbocycles. The van der Waals surface area contributed by atoms with Crippen molar-refractivity contribution in [3.63, 3.8) is 0 Å². The van der Waals surface area contributed by atoms with Gasteiger partial charge in [-0.2, -0.15) is 26.3 Å². The first-order valence-electron chi connectivity index (χ1n) is 8.96. The highest BCUT2D eigenvalue weighted by Crippen LogP contribution is 2.38. The Hall–Kier alpha value is -2.66. The first-order chi connectivity index (χ1) is 14.3. The molecule has 3 atom stereocenters. The van der Waals surface area contributed by atoms with Crippen molar-refractivity contribution in [2.45, 2.75) is 37.7 Å². The summed E-state index contributed by atoms with van der Waals surface area (Å²) in [6, 6.07) is 5.15. The van der Waals surface area contributed by atoms with Crippen molar-refractivity contribution in [2.75, 3.05) is 6.61 Å². The largest absolute Gasteiger partial charge is 0.416 e. The summed E-state index contributed by atoms with van der Waals surface area (Å²) in [5.74, 6) is -1.05. The van der Waals surface area contributed by atoms with E-state index in [2.05, 4.69) is 5.32 Å². The Balaban J connectivity index is 1.90. The second kappa shape index (κ2) is 8.46. The summed E-state index contributed by atoms with van der Waals surface area (Å²) in [5, 5.41) is 2.56. The Kier molecular flexibility index (Phi) is 6.28. The molecule has 4 nitrogen and oxygen atoms in total. The maximum atomic E-state index is 13.2. The van der Waals surface area contributed by atoms with Gasteiger partial charge in [-0.15, -0.1) is 0 Å². The van der Waals surface area contributed by atoms with Crippen LogP contribution in [-0.2, 0) is 26.6 Å². The smallest absolute Gasteiger partial charge is 0.342 e. The van der Waals surface area contributed by atoms with Crippen molar-refractivity contribution in [1.29, 1.82) is 0 Å². The Labute approximate surface area is 171 Å². The standard InChI is InChI=1S/C20H16F7NO3/c1-10(12-6-13(19(22,23)24)8-14(7-12)20(25,26)27)31-18-17(28-16(29)9-30-18)11-2-4-15(21)5-3-11/h2-8,10,17-18H,9H2,1H3,(H,28,29). The van der Waals surface area contributed by atoms with Crippen molar-refractivity contribution in [3.8, 4) is 0 Å². The maximum Gasteiger partial charge on any atom is 0.416 e. The quantitative estimate of drug-likeness (QED) is 0.654. The van der Waals surface area contributed by atoms with Gasteiger partial charge < -0.3 is 14.8 Å². The van der Waals surface area contributed by atoms with E-state index in [-0.39, 0.29) is 11.6 Å². The Morgan fingerprint density at radius 1 is 1.00 bits per heavy atom. The molecule has 3 rings (SSSR count). The van der Waals surface area contributed by atoms with Gasteiger partial charge in [0.15, 0.2) is 6.29 Å². The highest BCUT2D eigenvalue weighted by molar-refractivity contribution is 5.78. The van der Waals surface area contributed by atoms with Gasteiger partial charge in [-0.3, -0.25) is 4.79 Å². The normalized spacial score (nSPS) is 21.0. The van der Waals surface area contributed by atoms with Crippen LogP contribution in [0.4, 0.5) is 30.7 Å². The third kappa shape index (κ3) is 5.53. The predicted octanol–water partition coefficient (Wildman–Crippen LogP) is 5.15. The number of benzene rings is 2. The molecule has 1 amide bonds. The lowest BCUT2D eigenvalue weighted by Gasteiger charge is -2.34. The van der Waals surface area contributed by atoms with Crippen molar-refractivity contribution in [2.24, 2.45) is 0 Å². The lowest BCUT2D eigenvalue weighted by Crippen LogP contribution is -2.47. The van der Waals surface area contributed by atoms with Crippen LogP contribution in [-0.4, -0.2) is 18.8 Å². The molecule has 0 radical (unpaired) electrons.